The summed E-state index contributed by atoms with van der Waals surface area (Å²) < 4.78 is 27.5. The molecule has 0 aliphatic heterocycles. The Hall–Kier alpha value is -1.41. The van der Waals surface area contributed by atoms with E-state index >= 15 is 0 Å². The maximum atomic E-state index is 12.2. The largest absolute Gasteiger partial charge is 0.478 e. The van der Waals surface area contributed by atoms with Gasteiger partial charge in [0.05, 0.1) is 20.8 Å². The van der Waals surface area contributed by atoms with Gasteiger partial charge < -0.3 is 5.11 Å². The van der Waals surface area contributed by atoms with Gasteiger partial charge in [0.1, 0.15) is 0 Å². The number of carbonyl (C=O) groups is 1. The van der Waals surface area contributed by atoms with E-state index in [4.69, 9.17) is 16.7 Å². The lowest BCUT2D eigenvalue weighted by molar-refractivity contribution is 0.0696. The van der Waals surface area contributed by atoms with E-state index in [0.717, 1.165) is 4.88 Å². The van der Waals surface area contributed by atoms with E-state index < -0.39 is 22.0 Å². The maximum Gasteiger partial charge on any atom is 0.335 e. The lowest BCUT2D eigenvalue weighted by Crippen LogP contribution is -2.26. The van der Waals surface area contributed by atoms with E-state index in [9.17, 15) is 13.2 Å². The Kier molecular flexibility index (Phi) is 4.67. The molecule has 0 bridgehead atoms. The van der Waals surface area contributed by atoms with E-state index in [1.54, 1.807) is 19.1 Å². The molecular weight excluding hydrogens is 334 g/mol. The van der Waals surface area contributed by atoms with Gasteiger partial charge in [0, 0.05) is 4.88 Å². The van der Waals surface area contributed by atoms with Crippen molar-refractivity contribution in [2.75, 3.05) is 0 Å². The summed E-state index contributed by atoms with van der Waals surface area (Å²) in [5.41, 5.74) is 0.0343. The fourth-order valence-corrected chi connectivity index (χ4v) is 4.06. The van der Waals surface area contributed by atoms with Crippen LogP contribution in [0.3, 0.4) is 0 Å². The van der Waals surface area contributed by atoms with Crippen molar-refractivity contribution in [3.05, 3.63) is 51.2 Å². The second-order valence-corrected chi connectivity index (χ2v) is 7.78. The minimum atomic E-state index is -3.72. The molecule has 2 rings (SSSR count). The molecule has 1 atom stereocenters. The summed E-state index contributed by atoms with van der Waals surface area (Å²) in [4.78, 5) is 11.6. The highest BCUT2D eigenvalue weighted by Gasteiger charge is 2.19. The predicted octanol–water partition coefficient (Wildman–Crippen LogP) is 3.14. The SMILES string of the molecule is CC(NS(=O)(=O)c1ccc(C(=O)O)cc1)c1ccc(Cl)s1. The van der Waals surface area contributed by atoms with Crippen molar-refractivity contribution < 1.29 is 18.3 Å². The van der Waals surface area contributed by atoms with Crippen LogP contribution in [0.15, 0.2) is 41.3 Å². The Morgan fingerprint density at radius 1 is 1.24 bits per heavy atom. The average Bonchev–Trinajstić information content (AvgIpc) is 2.85. The van der Waals surface area contributed by atoms with Crippen LogP contribution in [0.25, 0.3) is 0 Å². The van der Waals surface area contributed by atoms with Gasteiger partial charge in [-0.2, -0.15) is 0 Å². The fourth-order valence-electron chi connectivity index (χ4n) is 1.70. The third-order valence-electron chi connectivity index (χ3n) is 2.76. The molecule has 0 amide bonds. The van der Waals surface area contributed by atoms with Crippen LogP contribution < -0.4 is 4.72 Å². The molecule has 112 valence electrons. The quantitative estimate of drug-likeness (QED) is 0.872. The van der Waals surface area contributed by atoms with E-state index in [0.29, 0.717) is 4.34 Å². The van der Waals surface area contributed by atoms with E-state index in [-0.39, 0.29) is 10.5 Å². The lowest BCUT2D eigenvalue weighted by atomic mass is 10.2. The zero-order valence-corrected chi connectivity index (χ0v) is 13.3. The minimum absolute atomic E-state index is 0.0157. The van der Waals surface area contributed by atoms with Gasteiger partial charge in [0.25, 0.3) is 0 Å². The maximum absolute atomic E-state index is 12.2. The molecule has 1 heterocycles. The van der Waals surface area contributed by atoms with Crippen molar-refractivity contribution in [3.8, 4) is 0 Å². The first-order chi connectivity index (χ1) is 9.79. The van der Waals surface area contributed by atoms with Crippen LogP contribution in [0, 0.1) is 0 Å². The summed E-state index contributed by atoms with van der Waals surface area (Å²) in [5, 5.41) is 8.80. The molecule has 2 aromatic rings. The molecule has 0 saturated heterocycles. The molecular formula is C13H12ClNO4S2. The molecule has 1 aromatic carbocycles. The Morgan fingerprint density at radius 3 is 2.33 bits per heavy atom. The monoisotopic (exact) mass is 345 g/mol. The number of nitrogens with one attached hydrogen (secondary N) is 1. The molecule has 0 radical (unpaired) electrons. The molecule has 0 aliphatic rings. The van der Waals surface area contributed by atoms with Crippen molar-refractivity contribution in [1.82, 2.24) is 4.72 Å². The highest BCUT2D eigenvalue weighted by atomic mass is 35.5. The minimum Gasteiger partial charge on any atom is -0.478 e. The standard InChI is InChI=1S/C13H12ClNO4S2/c1-8(11-6-7-12(14)20-11)15-21(18,19)10-4-2-9(3-5-10)13(16)17/h2-8,15H,1H3,(H,16,17). The van der Waals surface area contributed by atoms with Crippen LogP contribution in [0.2, 0.25) is 4.34 Å². The summed E-state index contributed by atoms with van der Waals surface area (Å²) in [6.07, 6.45) is 0. The van der Waals surface area contributed by atoms with Gasteiger partial charge in [0.15, 0.2) is 0 Å². The van der Waals surface area contributed by atoms with Gasteiger partial charge in [-0.1, -0.05) is 11.6 Å². The van der Waals surface area contributed by atoms with Gasteiger partial charge >= 0.3 is 5.97 Å². The predicted molar refractivity (Wildman–Crippen MR) is 81.5 cm³/mol. The van der Waals surface area contributed by atoms with Crippen molar-refractivity contribution in [2.45, 2.75) is 17.9 Å². The van der Waals surface area contributed by atoms with Crippen molar-refractivity contribution >= 4 is 38.9 Å². The number of carboxylic acid groups (broad SMARTS) is 1. The topological polar surface area (TPSA) is 83.5 Å². The van der Waals surface area contributed by atoms with Crippen LogP contribution in [0.1, 0.15) is 28.2 Å². The smallest absolute Gasteiger partial charge is 0.335 e. The number of hydrogen-bond acceptors (Lipinski definition) is 4. The van der Waals surface area contributed by atoms with Crippen LogP contribution >= 0.6 is 22.9 Å². The zero-order chi connectivity index (χ0) is 15.6. The van der Waals surface area contributed by atoms with Crippen molar-refractivity contribution in [1.29, 1.82) is 0 Å². The van der Waals surface area contributed by atoms with Gasteiger partial charge in [-0.15, -0.1) is 11.3 Å². The first kappa shape index (κ1) is 16.0. The van der Waals surface area contributed by atoms with Crippen LogP contribution in [0.4, 0.5) is 0 Å². The number of sulfonamides is 1. The van der Waals surface area contributed by atoms with Crippen LogP contribution in [-0.2, 0) is 10.0 Å². The van der Waals surface area contributed by atoms with Crippen LogP contribution in [0.5, 0.6) is 0 Å². The Labute approximate surface area is 131 Å². The molecule has 8 heteroatoms. The van der Waals surface area contributed by atoms with Crippen LogP contribution in [-0.4, -0.2) is 19.5 Å². The number of benzene rings is 1. The second kappa shape index (κ2) is 6.15. The third kappa shape index (κ3) is 3.82. The summed E-state index contributed by atoms with van der Waals surface area (Å²) in [7, 11) is -3.72. The van der Waals surface area contributed by atoms with Gasteiger partial charge in [-0.3, -0.25) is 0 Å². The molecule has 1 unspecified atom stereocenters. The van der Waals surface area contributed by atoms with Crippen molar-refractivity contribution in [3.63, 3.8) is 0 Å². The molecule has 1 aromatic heterocycles. The lowest BCUT2D eigenvalue weighted by Gasteiger charge is -2.12. The number of halogens is 1. The number of hydrogen-bond donors (Lipinski definition) is 2. The van der Waals surface area contributed by atoms with E-state index in [1.807, 2.05) is 0 Å². The Balaban J connectivity index is 2.19. The average molecular weight is 346 g/mol. The van der Waals surface area contributed by atoms with Crippen molar-refractivity contribution in [2.24, 2.45) is 0 Å². The first-order valence-corrected chi connectivity index (χ1v) is 8.58. The van der Waals surface area contributed by atoms with Gasteiger partial charge in [-0.05, 0) is 43.3 Å². The fraction of sp³-hybridized carbons (Fsp3) is 0.154. The number of thiophene rings is 1. The summed E-state index contributed by atoms with van der Waals surface area (Å²) in [6, 6.07) is 8.07. The highest BCUT2D eigenvalue weighted by Crippen LogP contribution is 2.27. The summed E-state index contributed by atoms with van der Waals surface area (Å²) >= 11 is 7.12. The second-order valence-electron chi connectivity index (χ2n) is 4.31. The zero-order valence-electron chi connectivity index (χ0n) is 10.9. The van der Waals surface area contributed by atoms with E-state index in [1.165, 1.54) is 35.6 Å². The number of carboxylic acids is 1. The van der Waals surface area contributed by atoms with Gasteiger partial charge in [0.2, 0.25) is 10.0 Å². The molecule has 5 nitrogen and oxygen atoms in total. The molecule has 0 fully saturated rings. The molecule has 0 spiro atoms. The van der Waals surface area contributed by atoms with Gasteiger partial charge in [-0.25, -0.2) is 17.9 Å². The normalized spacial score (nSPS) is 13.0. The molecule has 0 saturated carbocycles. The van der Waals surface area contributed by atoms with E-state index in [2.05, 4.69) is 4.72 Å². The molecule has 0 aliphatic carbocycles. The third-order valence-corrected chi connectivity index (χ3v) is 5.73. The number of rotatable bonds is 5. The number of aromatic carboxylic acids is 1. The first-order valence-electron chi connectivity index (χ1n) is 5.90. The molecule has 21 heavy (non-hydrogen) atoms. The highest BCUT2D eigenvalue weighted by molar-refractivity contribution is 7.89. The Bertz CT molecular complexity index is 753. The molecule has 2 N–H and O–H groups in total. The summed E-state index contributed by atoms with van der Waals surface area (Å²) in [6.45, 7) is 1.71. The summed E-state index contributed by atoms with van der Waals surface area (Å²) in [5.74, 6) is -1.10. The Morgan fingerprint density at radius 2 is 1.86 bits per heavy atom.